The number of nitrogens with zero attached hydrogens (tertiary/aromatic N) is 1. The van der Waals surface area contributed by atoms with Crippen LogP contribution < -0.4 is 5.32 Å². The molecular formula is C10H14Cl2N2O. The SMILES string of the molecule is Cn1c(CNC2CCOC2)cc(Cl)c1Cl. The third kappa shape index (κ3) is 2.48. The lowest BCUT2D eigenvalue weighted by molar-refractivity contribution is 0.189. The van der Waals surface area contributed by atoms with Gasteiger partial charge in [0.25, 0.3) is 0 Å². The number of aromatic nitrogens is 1. The number of halogens is 2. The lowest BCUT2D eigenvalue weighted by Crippen LogP contribution is -2.29. The van der Waals surface area contributed by atoms with Crippen LogP contribution in [0.4, 0.5) is 0 Å². The molecule has 2 heterocycles. The summed E-state index contributed by atoms with van der Waals surface area (Å²) < 4.78 is 7.18. The Morgan fingerprint density at radius 1 is 1.60 bits per heavy atom. The minimum Gasteiger partial charge on any atom is -0.380 e. The summed E-state index contributed by atoms with van der Waals surface area (Å²) in [7, 11) is 1.91. The highest BCUT2D eigenvalue weighted by molar-refractivity contribution is 6.41. The molecule has 3 nitrogen and oxygen atoms in total. The molecular weight excluding hydrogens is 235 g/mol. The summed E-state index contributed by atoms with van der Waals surface area (Å²) in [4.78, 5) is 0. The Balaban J connectivity index is 1.95. The van der Waals surface area contributed by atoms with Crippen molar-refractivity contribution >= 4 is 23.2 Å². The van der Waals surface area contributed by atoms with Gasteiger partial charge in [0.1, 0.15) is 5.15 Å². The summed E-state index contributed by atoms with van der Waals surface area (Å²) in [5, 5.41) is 4.62. The number of ether oxygens (including phenoxy) is 1. The summed E-state index contributed by atoms with van der Waals surface area (Å²) in [6.07, 6.45) is 1.08. The maximum absolute atomic E-state index is 5.97. The van der Waals surface area contributed by atoms with Gasteiger partial charge in [-0.05, 0) is 12.5 Å². The third-order valence-electron chi connectivity index (χ3n) is 2.72. The molecule has 0 bridgehead atoms. The molecule has 84 valence electrons. The highest BCUT2D eigenvalue weighted by atomic mass is 35.5. The van der Waals surface area contributed by atoms with Gasteiger partial charge in [-0.3, -0.25) is 0 Å². The Labute approximate surface area is 99.3 Å². The van der Waals surface area contributed by atoms with Crippen molar-refractivity contribution in [1.82, 2.24) is 9.88 Å². The second-order valence-electron chi connectivity index (χ2n) is 3.77. The van der Waals surface area contributed by atoms with Gasteiger partial charge in [-0.2, -0.15) is 0 Å². The second kappa shape index (κ2) is 4.74. The van der Waals surface area contributed by atoms with Gasteiger partial charge < -0.3 is 14.6 Å². The molecule has 1 saturated heterocycles. The van der Waals surface area contributed by atoms with Gasteiger partial charge in [0.15, 0.2) is 0 Å². The van der Waals surface area contributed by atoms with Crippen molar-refractivity contribution in [1.29, 1.82) is 0 Å². The highest BCUT2D eigenvalue weighted by Gasteiger charge is 2.16. The Morgan fingerprint density at radius 2 is 2.40 bits per heavy atom. The van der Waals surface area contributed by atoms with Crippen LogP contribution in [-0.2, 0) is 18.3 Å². The van der Waals surface area contributed by atoms with Gasteiger partial charge >= 0.3 is 0 Å². The van der Waals surface area contributed by atoms with E-state index in [-0.39, 0.29) is 0 Å². The molecule has 0 aromatic carbocycles. The third-order valence-corrected chi connectivity index (χ3v) is 3.56. The largest absolute Gasteiger partial charge is 0.380 e. The predicted octanol–water partition coefficient (Wildman–Crippen LogP) is 2.21. The van der Waals surface area contributed by atoms with Crippen molar-refractivity contribution in [3.63, 3.8) is 0 Å². The first-order valence-corrected chi connectivity index (χ1v) is 5.75. The van der Waals surface area contributed by atoms with Crippen LogP contribution in [-0.4, -0.2) is 23.8 Å². The van der Waals surface area contributed by atoms with Crippen LogP contribution in [0.15, 0.2) is 6.07 Å². The van der Waals surface area contributed by atoms with Gasteiger partial charge in [-0.1, -0.05) is 23.2 Å². The predicted molar refractivity (Wildman–Crippen MR) is 61.5 cm³/mol. The molecule has 1 aliphatic rings. The molecule has 15 heavy (non-hydrogen) atoms. The van der Waals surface area contributed by atoms with Crippen molar-refractivity contribution in [2.45, 2.75) is 19.0 Å². The van der Waals surface area contributed by atoms with E-state index in [9.17, 15) is 0 Å². The molecule has 1 unspecified atom stereocenters. The first kappa shape index (κ1) is 11.3. The molecule has 1 aromatic rings. The van der Waals surface area contributed by atoms with Gasteiger partial charge in [-0.15, -0.1) is 0 Å². The van der Waals surface area contributed by atoms with Crippen molar-refractivity contribution in [2.75, 3.05) is 13.2 Å². The standard InChI is InChI=1S/C10H14Cl2N2O/c1-14-8(4-9(11)10(14)12)5-13-7-2-3-15-6-7/h4,7,13H,2-3,5-6H2,1H3. The molecule has 2 rings (SSSR count). The molecule has 0 amide bonds. The Hall–Kier alpha value is -0.220. The normalized spacial score (nSPS) is 21.1. The zero-order chi connectivity index (χ0) is 10.8. The Kier molecular flexibility index (Phi) is 3.57. The molecule has 0 radical (unpaired) electrons. The van der Waals surface area contributed by atoms with Crippen molar-refractivity contribution < 1.29 is 4.74 Å². The molecule has 0 aliphatic carbocycles. The van der Waals surface area contributed by atoms with E-state index in [0.717, 1.165) is 31.9 Å². The van der Waals surface area contributed by atoms with E-state index in [2.05, 4.69) is 5.32 Å². The summed E-state index contributed by atoms with van der Waals surface area (Å²) in [6, 6.07) is 2.35. The molecule has 0 saturated carbocycles. The Bertz CT molecular complexity index is 345. The quantitative estimate of drug-likeness (QED) is 0.888. The average Bonchev–Trinajstić information content (AvgIpc) is 2.80. The van der Waals surface area contributed by atoms with E-state index in [4.69, 9.17) is 27.9 Å². The van der Waals surface area contributed by atoms with Crippen molar-refractivity contribution in [3.8, 4) is 0 Å². The van der Waals surface area contributed by atoms with Crippen LogP contribution in [0.25, 0.3) is 0 Å². The van der Waals surface area contributed by atoms with Gasteiger partial charge in [0, 0.05) is 31.9 Å². The summed E-state index contributed by atoms with van der Waals surface area (Å²) >= 11 is 11.9. The van der Waals surface area contributed by atoms with Crippen LogP contribution >= 0.6 is 23.2 Å². The smallest absolute Gasteiger partial charge is 0.127 e. The number of nitrogens with one attached hydrogen (secondary N) is 1. The van der Waals surface area contributed by atoms with Crippen LogP contribution in [0.3, 0.4) is 0 Å². The molecule has 0 spiro atoms. The molecule has 5 heteroatoms. The van der Waals surface area contributed by atoms with Crippen molar-refractivity contribution in [2.24, 2.45) is 7.05 Å². The van der Waals surface area contributed by atoms with Gasteiger partial charge in [0.2, 0.25) is 0 Å². The zero-order valence-corrected chi connectivity index (χ0v) is 10.1. The lowest BCUT2D eigenvalue weighted by atomic mass is 10.2. The fraction of sp³-hybridized carbons (Fsp3) is 0.600. The fourth-order valence-electron chi connectivity index (χ4n) is 1.70. The first-order chi connectivity index (χ1) is 7.18. The molecule has 1 atom stereocenters. The van der Waals surface area contributed by atoms with Crippen LogP contribution in [0.5, 0.6) is 0 Å². The van der Waals surface area contributed by atoms with E-state index < -0.39 is 0 Å². The highest BCUT2D eigenvalue weighted by Crippen LogP contribution is 2.25. The zero-order valence-electron chi connectivity index (χ0n) is 8.59. The van der Waals surface area contributed by atoms with E-state index in [1.807, 2.05) is 17.7 Å². The van der Waals surface area contributed by atoms with Gasteiger partial charge in [-0.25, -0.2) is 0 Å². The molecule has 1 aliphatic heterocycles. The number of rotatable bonds is 3. The van der Waals surface area contributed by atoms with Crippen LogP contribution in [0.2, 0.25) is 10.2 Å². The maximum Gasteiger partial charge on any atom is 0.127 e. The van der Waals surface area contributed by atoms with Crippen molar-refractivity contribution in [3.05, 3.63) is 21.9 Å². The van der Waals surface area contributed by atoms with E-state index in [1.165, 1.54) is 0 Å². The lowest BCUT2D eigenvalue weighted by Gasteiger charge is -2.10. The van der Waals surface area contributed by atoms with Crippen LogP contribution in [0, 0.1) is 0 Å². The minimum absolute atomic E-state index is 0.456. The second-order valence-corrected chi connectivity index (χ2v) is 4.54. The van der Waals surface area contributed by atoms with Crippen LogP contribution in [0.1, 0.15) is 12.1 Å². The topological polar surface area (TPSA) is 26.2 Å². The maximum atomic E-state index is 5.97. The first-order valence-electron chi connectivity index (χ1n) is 4.99. The van der Waals surface area contributed by atoms with Gasteiger partial charge in [0.05, 0.1) is 11.6 Å². The number of hydrogen-bond acceptors (Lipinski definition) is 2. The monoisotopic (exact) mass is 248 g/mol. The summed E-state index contributed by atoms with van der Waals surface area (Å²) in [6.45, 7) is 2.43. The summed E-state index contributed by atoms with van der Waals surface area (Å²) in [5.74, 6) is 0. The fourth-order valence-corrected chi connectivity index (χ4v) is 2.12. The van der Waals surface area contributed by atoms with E-state index in [0.29, 0.717) is 16.2 Å². The average molecular weight is 249 g/mol. The Morgan fingerprint density at radius 3 is 2.93 bits per heavy atom. The molecule has 1 aromatic heterocycles. The van der Waals surface area contributed by atoms with E-state index in [1.54, 1.807) is 0 Å². The molecule has 1 N–H and O–H groups in total. The number of hydrogen-bond donors (Lipinski definition) is 1. The minimum atomic E-state index is 0.456. The molecule has 1 fully saturated rings. The van der Waals surface area contributed by atoms with E-state index >= 15 is 0 Å². The summed E-state index contributed by atoms with van der Waals surface area (Å²) in [5.41, 5.74) is 1.09.